The van der Waals surface area contributed by atoms with Gasteiger partial charge in [0.1, 0.15) is 0 Å². The van der Waals surface area contributed by atoms with E-state index in [1.54, 1.807) is 23.5 Å². The van der Waals surface area contributed by atoms with Crippen molar-refractivity contribution in [3.8, 4) is 11.5 Å². The molecule has 1 aliphatic rings. The fraction of sp³-hybridized carbons (Fsp3) is 0.250. The van der Waals surface area contributed by atoms with Crippen molar-refractivity contribution in [1.82, 2.24) is 0 Å². The molecule has 0 saturated carbocycles. The molecule has 4 rings (SSSR count). The second-order valence-corrected chi connectivity index (χ2v) is 8.26. The van der Waals surface area contributed by atoms with Crippen LogP contribution in [-0.4, -0.2) is 25.0 Å². The molecule has 2 N–H and O–H groups in total. The molecule has 7 heteroatoms. The summed E-state index contributed by atoms with van der Waals surface area (Å²) >= 11 is 1.54. The third kappa shape index (κ3) is 5.86. The van der Waals surface area contributed by atoms with E-state index >= 15 is 0 Å². The first-order chi connectivity index (χ1) is 15.2. The maximum Gasteiger partial charge on any atom is 0.229 e. The van der Waals surface area contributed by atoms with Gasteiger partial charge < -0.3 is 20.1 Å². The van der Waals surface area contributed by atoms with E-state index < -0.39 is 0 Å². The van der Waals surface area contributed by atoms with Gasteiger partial charge in [-0.15, -0.1) is 11.3 Å². The van der Waals surface area contributed by atoms with Gasteiger partial charge in [-0.3, -0.25) is 9.59 Å². The van der Waals surface area contributed by atoms with Crippen molar-refractivity contribution in [2.24, 2.45) is 0 Å². The molecule has 0 unspecified atom stereocenters. The van der Waals surface area contributed by atoms with E-state index in [2.05, 4.69) is 10.6 Å². The van der Waals surface area contributed by atoms with Gasteiger partial charge in [-0.05, 0) is 47.7 Å². The van der Waals surface area contributed by atoms with Crippen molar-refractivity contribution in [2.45, 2.75) is 25.7 Å². The van der Waals surface area contributed by atoms with Crippen LogP contribution >= 0.6 is 11.3 Å². The molecule has 0 bridgehead atoms. The number of carbonyl (C=O) groups is 2. The van der Waals surface area contributed by atoms with Crippen LogP contribution < -0.4 is 20.1 Å². The number of thiophene rings is 1. The molecule has 2 aromatic carbocycles. The average molecular weight is 437 g/mol. The standard InChI is InChI=1S/C24H24N2O4S/c27-23(11-9-17-8-10-21-22(15-17)30-13-4-12-29-21)25-19-6-1-2-7-20(19)26-24(28)16-18-5-3-14-31-18/h1-3,5-8,10,14-15H,4,9,11-13,16H2,(H,25,27)(H,26,28). The molecule has 0 saturated heterocycles. The van der Waals surface area contributed by atoms with E-state index in [0.29, 0.717) is 43.9 Å². The summed E-state index contributed by atoms with van der Waals surface area (Å²) < 4.78 is 11.4. The van der Waals surface area contributed by atoms with Gasteiger partial charge in [-0.1, -0.05) is 24.3 Å². The van der Waals surface area contributed by atoms with Crippen molar-refractivity contribution in [3.05, 3.63) is 70.4 Å². The fourth-order valence-corrected chi connectivity index (χ4v) is 4.00. The average Bonchev–Trinajstić information content (AvgIpc) is 3.16. The smallest absolute Gasteiger partial charge is 0.229 e. The molecule has 1 aliphatic heterocycles. The normalized spacial score (nSPS) is 12.6. The number of hydrogen-bond acceptors (Lipinski definition) is 5. The molecule has 0 fully saturated rings. The lowest BCUT2D eigenvalue weighted by Gasteiger charge is -2.13. The van der Waals surface area contributed by atoms with Gasteiger partial charge in [0.2, 0.25) is 11.8 Å². The Morgan fingerprint density at radius 1 is 0.871 bits per heavy atom. The lowest BCUT2D eigenvalue weighted by atomic mass is 10.1. The second-order valence-electron chi connectivity index (χ2n) is 7.23. The van der Waals surface area contributed by atoms with Crippen molar-refractivity contribution in [3.63, 3.8) is 0 Å². The van der Waals surface area contributed by atoms with Gasteiger partial charge in [0.05, 0.1) is 31.0 Å². The highest BCUT2D eigenvalue weighted by molar-refractivity contribution is 7.10. The summed E-state index contributed by atoms with van der Waals surface area (Å²) in [5.41, 5.74) is 2.19. The van der Waals surface area contributed by atoms with Gasteiger partial charge in [0.15, 0.2) is 11.5 Å². The first-order valence-corrected chi connectivity index (χ1v) is 11.1. The summed E-state index contributed by atoms with van der Waals surface area (Å²) in [7, 11) is 0. The topological polar surface area (TPSA) is 76.7 Å². The number of hydrogen-bond donors (Lipinski definition) is 2. The van der Waals surface area contributed by atoms with Crippen LogP contribution in [0.25, 0.3) is 0 Å². The number of para-hydroxylation sites is 2. The van der Waals surface area contributed by atoms with E-state index in [1.807, 2.05) is 47.8 Å². The van der Waals surface area contributed by atoms with Crippen LogP contribution in [0.5, 0.6) is 11.5 Å². The Hall–Kier alpha value is -3.32. The van der Waals surface area contributed by atoms with Crippen LogP contribution in [0.4, 0.5) is 11.4 Å². The zero-order valence-corrected chi connectivity index (χ0v) is 17.9. The van der Waals surface area contributed by atoms with Crippen molar-refractivity contribution < 1.29 is 19.1 Å². The highest BCUT2D eigenvalue weighted by Crippen LogP contribution is 2.31. The van der Waals surface area contributed by atoms with E-state index in [-0.39, 0.29) is 11.8 Å². The number of fused-ring (bicyclic) bond motifs is 1. The van der Waals surface area contributed by atoms with Crippen LogP contribution in [0, 0.1) is 0 Å². The fourth-order valence-electron chi connectivity index (χ4n) is 3.30. The first kappa shape index (κ1) is 20.9. The predicted octanol–water partition coefficient (Wildman–Crippen LogP) is 4.66. The summed E-state index contributed by atoms with van der Waals surface area (Å²) in [6.07, 6.45) is 2.06. The lowest BCUT2D eigenvalue weighted by Crippen LogP contribution is -2.17. The Bertz CT molecular complexity index is 1050. The highest BCUT2D eigenvalue weighted by atomic mass is 32.1. The third-order valence-corrected chi connectivity index (χ3v) is 5.72. The van der Waals surface area contributed by atoms with Crippen LogP contribution in [0.15, 0.2) is 60.0 Å². The molecule has 31 heavy (non-hydrogen) atoms. The Kier molecular flexibility index (Phi) is 6.84. The van der Waals surface area contributed by atoms with Gasteiger partial charge in [0.25, 0.3) is 0 Å². The highest BCUT2D eigenvalue weighted by Gasteiger charge is 2.13. The monoisotopic (exact) mass is 436 g/mol. The van der Waals surface area contributed by atoms with E-state index in [1.165, 1.54) is 0 Å². The molecule has 6 nitrogen and oxygen atoms in total. The molecule has 1 aromatic heterocycles. The number of amides is 2. The molecule has 0 radical (unpaired) electrons. The number of anilines is 2. The molecule has 0 atom stereocenters. The SMILES string of the molecule is O=C(CCc1ccc2c(c1)OCCCO2)Nc1ccccc1NC(=O)Cc1cccs1. The van der Waals surface area contributed by atoms with Gasteiger partial charge in [-0.2, -0.15) is 0 Å². The summed E-state index contributed by atoms with van der Waals surface area (Å²) in [6.45, 7) is 1.28. The molecule has 3 aromatic rings. The third-order valence-electron chi connectivity index (χ3n) is 4.84. The number of rotatable bonds is 7. The Labute approximate surface area is 185 Å². The second kappa shape index (κ2) is 10.1. The maximum absolute atomic E-state index is 12.5. The van der Waals surface area contributed by atoms with E-state index in [9.17, 15) is 9.59 Å². The number of ether oxygens (including phenoxy) is 2. The van der Waals surface area contributed by atoms with Gasteiger partial charge in [0, 0.05) is 17.7 Å². The number of aryl methyl sites for hydroxylation is 1. The van der Waals surface area contributed by atoms with E-state index in [0.717, 1.165) is 28.4 Å². The number of benzene rings is 2. The van der Waals surface area contributed by atoms with Crippen LogP contribution in [0.2, 0.25) is 0 Å². The molecular weight excluding hydrogens is 412 g/mol. The minimum Gasteiger partial charge on any atom is -0.490 e. The largest absolute Gasteiger partial charge is 0.490 e. The van der Waals surface area contributed by atoms with Gasteiger partial charge >= 0.3 is 0 Å². The summed E-state index contributed by atoms with van der Waals surface area (Å²) in [5, 5.41) is 7.75. The zero-order valence-electron chi connectivity index (χ0n) is 17.1. The minimum absolute atomic E-state index is 0.114. The van der Waals surface area contributed by atoms with Crippen molar-refractivity contribution in [2.75, 3.05) is 23.8 Å². The summed E-state index contributed by atoms with van der Waals surface area (Å²) in [5.74, 6) is 1.25. The summed E-state index contributed by atoms with van der Waals surface area (Å²) in [6, 6.07) is 16.9. The van der Waals surface area contributed by atoms with Crippen molar-refractivity contribution in [1.29, 1.82) is 0 Å². The molecule has 0 aliphatic carbocycles. The maximum atomic E-state index is 12.5. The molecule has 160 valence electrons. The van der Waals surface area contributed by atoms with Gasteiger partial charge in [-0.25, -0.2) is 0 Å². The van der Waals surface area contributed by atoms with Crippen LogP contribution in [0.3, 0.4) is 0 Å². The molecular formula is C24H24N2O4S. The molecule has 2 heterocycles. The van der Waals surface area contributed by atoms with E-state index in [4.69, 9.17) is 9.47 Å². The molecule has 0 spiro atoms. The Balaban J connectivity index is 1.33. The Morgan fingerprint density at radius 3 is 2.35 bits per heavy atom. The predicted molar refractivity (Wildman–Crippen MR) is 122 cm³/mol. The van der Waals surface area contributed by atoms with Crippen LogP contribution in [-0.2, 0) is 22.4 Å². The van der Waals surface area contributed by atoms with Crippen molar-refractivity contribution >= 4 is 34.5 Å². The van der Waals surface area contributed by atoms with Crippen LogP contribution in [0.1, 0.15) is 23.3 Å². The lowest BCUT2D eigenvalue weighted by molar-refractivity contribution is -0.116. The minimum atomic E-state index is -0.118. The zero-order chi connectivity index (χ0) is 21.5. The molecule has 2 amide bonds. The Morgan fingerprint density at radius 2 is 1.61 bits per heavy atom. The number of carbonyl (C=O) groups excluding carboxylic acids is 2. The number of nitrogens with one attached hydrogen (secondary N) is 2. The summed E-state index contributed by atoms with van der Waals surface area (Å²) in [4.78, 5) is 25.9. The quantitative estimate of drug-likeness (QED) is 0.565. The first-order valence-electron chi connectivity index (χ1n) is 10.3.